The summed E-state index contributed by atoms with van der Waals surface area (Å²) < 4.78 is 68.4. The number of carbonyl (C=O) groups is 4. The largest absolute Gasteiger partial charge is 0.472 e. The molecule has 0 bridgehead atoms. The van der Waals surface area contributed by atoms with Gasteiger partial charge >= 0.3 is 39.5 Å². The Morgan fingerprint density at radius 1 is 0.254 bits per heavy atom. The van der Waals surface area contributed by atoms with Gasteiger partial charge < -0.3 is 33.8 Å². The fourth-order valence-electron chi connectivity index (χ4n) is 9.91. The first kappa shape index (κ1) is 107. The number of allylic oxidation sites excluding steroid dienone is 40. The van der Waals surface area contributed by atoms with Crippen LogP contribution in [0.3, 0.4) is 0 Å². The molecule has 2 unspecified atom stereocenters. The zero-order valence-corrected chi connectivity index (χ0v) is 71.7. The quantitative estimate of drug-likeness (QED) is 0.0169. The molecule has 0 saturated heterocycles. The highest BCUT2D eigenvalue weighted by Crippen LogP contribution is 2.45. The number of aliphatic hydroxyl groups excluding tert-OH is 1. The normalized spacial score (nSPS) is 15.0. The minimum absolute atomic E-state index is 0.00780. The van der Waals surface area contributed by atoms with Crippen molar-refractivity contribution in [3.05, 3.63) is 243 Å². The number of aliphatic hydroxyl groups is 1. The average Bonchev–Trinajstić information content (AvgIpc) is 0.897. The number of hydrogen-bond acceptors (Lipinski definition) is 15. The van der Waals surface area contributed by atoms with E-state index in [1.54, 1.807) is 0 Å². The maximum atomic E-state index is 13.1. The lowest BCUT2D eigenvalue weighted by Gasteiger charge is -2.21. The highest BCUT2D eigenvalue weighted by atomic mass is 31.2. The lowest BCUT2D eigenvalue weighted by Crippen LogP contribution is -2.30. The molecule has 19 heteroatoms. The molecular formula is C95H146O17P2. The van der Waals surface area contributed by atoms with Crippen molar-refractivity contribution in [1.29, 1.82) is 0 Å². The van der Waals surface area contributed by atoms with Gasteiger partial charge in [0.1, 0.15) is 19.3 Å². The molecule has 0 spiro atoms. The minimum atomic E-state index is -5.04. The van der Waals surface area contributed by atoms with Crippen LogP contribution < -0.4 is 0 Å². The van der Waals surface area contributed by atoms with Crippen LogP contribution in [0.5, 0.6) is 0 Å². The van der Waals surface area contributed by atoms with E-state index in [-0.39, 0.29) is 25.7 Å². The summed E-state index contributed by atoms with van der Waals surface area (Å²) in [5.74, 6) is -2.57. The molecule has 0 amide bonds. The van der Waals surface area contributed by atoms with Crippen molar-refractivity contribution in [3.8, 4) is 0 Å². The van der Waals surface area contributed by atoms with Gasteiger partial charge in [-0.1, -0.05) is 309 Å². The highest BCUT2D eigenvalue weighted by molar-refractivity contribution is 7.47. The highest BCUT2D eigenvalue weighted by Gasteiger charge is 2.30. The summed E-state index contributed by atoms with van der Waals surface area (Å²) in [4.78, 5) is 73.1. The van der Waals surface area contributed by atoms with Crippen LogP contribution >= 0.6 is 15.6 Å². The lowest BCUT2D eigenvalue weighted by molar-refractivity contribution is -0.161. The summed E-state index contributed by atoms with van der Waals surface area (Å²) in [6.45, 7) is 4.31. The van der Waals surface area contributed by atoms with Crippen LogP contribution in [-0.4, -0.2) is 96.7 Å². The fourth-order valence-corrected chi connectivity index (χ4v) is 11.5. The van der Waals surface area contributed by atoms with Crippen molar-refractivity contribution in [3.63, 3.8) is 0 Å². The second-order valence-corrected chi connectivity index (χ2v) is 29.9. The molecule has 3 N–H and O–H groups in total. The molecule has 0 aromatic rings. The van der Waals surface area contributed by atoms with Gasteiger partial charge in [-0.3, -0.25) is 37.3 Å². The first-order chi connectivity index (χ1) is 55.7. The molecule has 114 heavy (non-hydrogen) atoms. The van der Waals surface area contributed by atoms with Crippen LogP contribution in [-0.2, 0) is 65.4 Å². The lowest BCUT2D eigenvalue weighted by atomic mass is 10.2. The maximum Gasteiger partial charge on any atom is 0.472 e. The molecule has 0 heterocycles. The molecule has 17 nitrogen and oxygen atoms in total. The van der Waals surface area contributed by atoms with Crippen molar-refractivity contribution >= 4 is 39.5 Å². The van der Waals surface area contributed by atoms with E-state index in [0.717, 1.165) is 109 Å². The second kappa shape index (κ2) is 83.8. The predicted octanol–water partition coefficient (Wildman–Crippen LogP) is 25.6. The van der Waals surface area contributed by atoms with Gasteiger partial charge in [0.25, 0.3) is 0 Å². The molecule has 0 aliphatic rings. The van der Waals surface area contributed by atoms with E-state index in [2.05, 4.69) is 204 Å². The molecular weight excluding hydrogens is 1470 g/mol. The first-order valence-electron chi connectivity index (χ1n) is 42.3. The van der Waals surface area contributed by atoms with Gasteiger partial charge in [-0.2, -0.15) is 0 Å². The number of ether oxygens (including phenoxy) is 4. The van der Waals surface area contributed by atoms with Crippen molar-refractivity contribution in [2.45, 2.75) is 290 Å². The average molecular weight is 1620 g/mol. The summed E-state index contributed by atoms with van der Waals surface area (Å²) >= 11 is 0. The number of rotatable bonds is 76. The Morgan fingerprint density at radius 2 is 0.465 bits per heavy atom. The van der Waals surface area contributed by atoms with Crippen molar-refractivity contribution in [2.75, 3.05) is 39.6 Å². The van der Waals surface area contributed by atoms with Gasteiger partial charge in [-0.25, -0.2) is 9.13 Å². The SMILES string of the molecule is CC/C=C\C/C=C\C/C=C\C/C=C\C/C=C\C/C=C\CCC(=O)O[C@H](COC(=O)CC/C=C\C/C=C\C/C=C\C/C=C\C/C=C\CCCCC)COP(=O)(O)OC[C@@H](O)COP(=O)(O)OC[C@@H](COC(=O)CCC/C=C\C/C=C\C/C=C\C/C=C\CCCCC)OC(=O)CC/C=C\C/C=C\C/C=C\C/C=C\C/C=C\CCCCC. The zero-order chi connectivity index (χ0) is 83.1. The first-order valence-corrected chi connectivity index (χ1v) is 45.3. The Bertz CT molecular complexity index is 3120. The number of carbonyl (C=O) groups excluding carboxylic acids is 4. The van der Waals surface area contributed by atoms with Crippen molar-refractivity contribution in [2.24, 2.45) is 0 Å². The predicted molar refractivity (Wildman–Crippen MR) is 472 cm³/mol. The van der Waals surface area contributed by atoms with E-state index in [1.165, 1.54) is 57.8 Å². The van der Waals surface area contributed by atoms with Gasteiger partial charge in [-0.05, 0) is 180 Å². The number of phosphoric acid groups is 2. The minimum Gasteiger partial charge on any atom is -0.462 e. The maximum absolute atomic E-state index is 13.1. The number of phosphoric ester groups is 2. The third kappa shape index (κ3) is 82.8. The molecule has 0 radical (unpaired) electrons. The van der Waals surface area contributed by atoms with Crippen LogP contribution in [0.1, 0.15) is 272 Å². The van der Waals surface area contributed by atoms with Gasteiger partial charge in [0.15, 0.2) is 12.2 Å². The van der Waals surface area contributed by atoms with E-state index < -0.39 is 97.5 Å². The molecule has 5 atom stereocenters. The molecule has 0 saturated carbocycles. The van der Waals surface area contributed by atoms with E-state index in [9.17, 15) is 43.2 Å². The smallest absolute Gasteiger partial charge is 0.462 e. The molecule has 638 valence electrons. The van der Waals surface area contributed by atoms with Crippen LogP contribution in [0, 0.1) is 0 Å². The molecule has 0 aromatic carbocycles. The van der Waals surface area contributed by atoms with E-state index in [1.807, 2.05) is 66.8 Å². The zero-order valence-electron chi connectivity index (χ0n) is 69.9. The number of esters is 4. The van der Waals surface area contributed by atoms with Crippen molar-refractivity contribution < 1.29 is 80.2 Å². The fraction of sp³-hybridized carbons (Fsp3) is 0.537. The molecule has 0 rings (SSSR count). The topological polar surface area (TPSA) is 237 Å². The summed E-state index contributed by atoms with van der Waals surface area (Å²) in [5, 5.41) is 10.7. The van der Waals surface area contributed by atoms with Crippen LogP contribution in [0.2, 0.25) is 0 Å². The summed E-state index contributed by atoms with van der Waals surface area (Å²) in [6.07, 6.45) is 110. The Morgan fingerprint density at radius 3 is 0.719 bits per heavy atom. The summed E-state index contributed by atoms with van der Waals surface area (Å²) in [7, 11) is -10.1. The monoisotopic (exact) mass is 1620 g/mol. The van der Waals surface area contributed by atoms with Crippen LogP contribution in [0.4, 0.5) is 0 Å². The van der Waals surface area contributed by atoms with E-state index >= 15 is 0 Å². The summed E-state index contributed by atoms with van der Waals surface area (Å²) in [6, 6.07) is 0. The second-order valence-electron chi connectivity index (χ2n) is 27.0. The van der Waals surface area contributed by atoms with Gasteiger partial charge in [0, 0.05) is 25.7 Å². The summed E-state index contributed by atoms with van der Waals surface area (Å²) in [5.41, 5.74) is 0. The molecule has 0 aliphatic carbocycles. The molecule has 0 aliphatic heterocycles. The third-order valence-electron chi connectivity index (χ3n) is 16.3. The van der Waals surface area contributed by atoms with Crippen molar-refractivity contribution in [1.82, 2.24) is 0 Å². The van der Waals surface area contributed by atoms with Gasteiger partial charge in [-0.15, -0.1) is 0 Å². The number of hydrogen-bond donors (Lipinski definition) is 3. The Balaban J connectivity index is 5.68. The van der Waals surface area contributed by atoms with E-state index in [0.29, 0.717) is 51.4 Å². The van der Waals surface area contributed by atoms with Crippen LogP contribution in [0.25, 0.3) is 0 Å². The van der Waals surface area contributed by atoms with E-state index in [4.69, 9.17) is 37.0 Å². The molecule has 0 fully saturated rings. The van der Waals surface area contributed by atoms with Gasteiger partial charge in [0.05, 0.1) is 26.4 Å². The standard InChI is InChI=1S/C95H146O17P2/c1-5-9-13-17-21-25-29-33-37-41-44-48-52-56-60-64-68-72-76-80-93(98)106-86-91(112-95(100)82-78-74-70-66-62-58-54-50-46-43-39-35-31-27-23-19-15-11-7-3)88-110-114(103,104)108-84-89(96)83-107-113(101,102)109-87-90(85-105-92(97)79-75-71-67-63-59-55-51-47-40-36-32-28-24-20-16-12-8-4)111-94(99)81-77-73-69-65-61-57-53-49-45-42-38-34-30-26-22-18-14-10-6-2/h11,15,21-28,33-40,44-46,48-51,55-58,60-63,67-70,72-74,89-91,96H,5-10,12-14,16-20,29-32,41-43,47,52-54,59,64-66,71,75-88H2,1-4H3,(H,101,102)(H,103,104)/b15-11-,25-21-,26-22-,27-23-,28-24-,37-33-,38-34-,39-35-,40-36-,48-44-,49-45-,50-46-,55-51-,60-56-,61-57-,62-58-,67-63-,72-68-,73-69-,74-70-/t89-,90+,91+/m0/s1. The van der Waals surface area contributed by atoms with Gasteiger partial charge in [0.2, 0.25) is 0 Å². The third-order valence-corrected chi connectivity index (χ3v) is 18.2. The molecule has 0 aromatic heterocycles. The number of unbranched alkanes of at least 4 members (excludes halogenated alkanes) is 10. The Hall–Kier alpha value is -7.14. The Kier molecular flexibility index (Phi) is 78.5. The Labute approximate surface area is 688 Å². The van der Waals surface area contributed by atoms with Crippen LogP contribution in [0.15, 0.2) is 243 Å².